The lowest BCUT2D eigenvalue weighted by atomic mass is 10.1. The fraction of sp³-hybridized carbons (Fsp3) is 0.600. The summed E-state index contributed by atoms with van der Waals surface area (Å²) in [6, 6.07) is 6.49. The standard InChI is InChI=1S/C20H32N8.HI/c1-4-5-11-22-20(23-15-19-26-25-16(2)27(19)3)24-17-9-13-28(14-10-17)18-8-6-7-12-21-18;/h6-8,12,17H,4-5,9-11,13-15H2,1-3H3,(H2,22,23,24);1H. The Labute approximate surface area is 190 Å². The van der Waals surface area contributed by atoms with Crippen molar-refractivity contribution in [2.24, 2.45) is 12.0 Å². The van der Waals surface area contributed by atoms with Gasteiger partial charge in [-0.3, -0.25) is 0 Å². The number of pyridine rings is 1. The molecule has 0 radical (unpaired) electrons. The van der Waals surface area contributed by atoms with E-state index in [0.29, 0.717) is 12.6 Å². The third-order valence-corrected chi connectivity index (χ3v) is 5.19. The lowest BCUT2D eigenvalue weighted by Gasteiger charge is -2.33. The van der Waals surface area contributed by atoms with Crippen LogP contribution in [0.15, 0.2) is 29.4 Å². The molecule has 0 bridgehead atoms. The summed E-state index contributed by atoms with van der Waals surface area (Å²) in [5.41, 5.74) is 0. The number of nitrogens with one attached hydrogen (secondary N) is 2. The van der Waals surface area contributed by atoms with Crippen LogP contribution in [0.2, 0.25) is 0 Å². The van der Waals surface area contributed by atoms with Crippen LogP contribution in [0, 0.1) is 6.92 Å². The van der Waals surface area contributed by atoms with Gasteiger partial charge in [-0.25, -0.2) is 9.98 Å². The SMILES string of the molecule is CCCCNC(=NCc1nnc(C)n1C)NC1CCN(c2ccccn2)CC1.I. The molecule has 0 aliphatic carbocycles. The number of aryl methyl sites for hydroxylation is 1. The third-order valence-electron chi connectivity index (χ3n) is 5.19. The average molecular weight is 512 g/mol. The van der Waals surface area contributed by atoms with Gasteiger partial charge in [0.25, 0.3) is 0 Å². The summed E-state index contributed by atoms with van der Waals surface area (Å²) in [6.07, 6.45) is 6.27. The van der Waals surface area contributed by atoms with Gasteiger partial charge in [0.2, 0.25) is 0 Å². The molecular formula is C20H33IN8. The monoisotopic (exact) mass is 512 g/mol. The van der Waals surface area contributed by atoms with E-state index in [-0.39, 0.29) is 24.0 Å². The van der Waals surface area contributed by atoms with Gasteiger partial charge in [-0.15, -0.1) is 34.2 Å². The molecule has 2 aromatic rings. The second kappa shape index (κ2) is 11.9. The summed E-state index contributed by atoms with van der Waals surface area (Å²) in [5, 5.41) is 15.4. The topological polar surface area (TPSA) is 83.3 Å². The van der Waals surface area contributed by atoms with Gasteiger partial charge in [-0.1, -0.05) is 19.4 Å². The average Bonchev–Trinajstić information content (AvgIpc) is 3.05. The smallest absolute Gasteiger partial charge is 0.191 e. The first kappa shape index (κ1) is 23.4. The number of nitrogens with zero attached hydrogens (tertiary/aromatic N) is 6. The number of halogens is 1. The van der Waals surface area contributed by atoms with E-state index in [4.69, 9.17) is 4.99 Å². The molecule has 0 saturated carbocycles. The Bertz CT molecular complexity index is 753. The summed E-state index contributed by atoms with van der Waals surface area (Å²) in [7, 11) is 1.98. The Kier molecular flexibility index (Phi) is 9.62. The quantitative estimate of drug-likeness (QED) is 0.257. The van der Waals surface area contributed by atoms with Crippen LogP contribution >= 0.6 is 24.0 Å². The highest BCUT2D eigenvalue weighted by Crippen LogP contribution is 2.17. The maximum absolute atomic E-state index is 4.76. The minimum atomic E-state index is 0. The van der Waals surface area contributed by atoms with Crippen molar-refractivity contribution in [3.05, 3.63) is 36.0 Å². The Hall–Kier alpha value is -1.91. The van der Waals surface area contributed by atoms with E-state index < -0.39 is 0 Å². The highest BCUT2D eigenvalue weighted by Gasteiger charge is 2.21. The van der Waals surface area contributed by atoms with Gasteiger partial charge in [0.15, 0.2) is 11.8 Å². The van der Waals surface area contributed by atoms with Crippen LogP contribution < -0.4 is 15.5 Å². The van der Waals surface area contributed by atoms with Crippen molar-refractivity contribution in [1.29, 1.82) is 0 Å². The fourth-order valence-corrected chi connectivity index (χ4v) is 3.26. The number of hydrogen-bond donors (Lipinski definition) is 2. The fourth-order valence-electron chi connectivity index (χ4n) is 3.26. The van der Waals surface area contributed by atoms with Gasteiger partial charge in [0, 0.05) is 38.9 Å². The van der Waals surface area contributed by atoms with Gasteiger partial charge in [0.05, 0.1) is 0 Å². The Balaban J connectivity index is 0.00000300. The van der Waals surface area contributed by atoms with E-state index in [9.17, 15) is 0 Å². The predicted octanol–water partition coefficient (Wildman–Crippen LogP) is 2.64. The van der Waals surface area contributed by atoms with Crippen LogP contribution in [-0.4, -0.2) is 51.4 Å². The minimum absolute atomic E-state index is 0. The van der Waals surface area contributed by atoms with Crippen LogP contribution in [0.1, 0.15) is 44.3 Å². The van der Waals surface area contributed by atoms with E-state index >= 15 is 0 Å². The zero-order valence-electron chi connectivity index (χ0n) is 17.6. The van der Waals surface area contributed by atoms with Gasteiger partial charge >= 0.3 is 0 Å². The first-order valence-electron chi connectivity index (χ1n) is 10.2. The van der Waals surface area contributed by atoms with Crippen LogP contribution in [0.25, 0.3) is 0 Å². The number of aromatic nitrogens is 4. The highest BCUT2D eigenvalue weighted by molar-refractivity contribution is 14.0. The molecule has 1 fully saturated rings. The predicted molar refractivity (Wildman–Crippen MR) is 128 cm³/mol. The Morgan fingerprint density at radius 2 is 2.03 bits per heavy atom. The number of hydrogen-bond acceptors (Lipinski definition) is 5. The molecule has 29 heavy (non-hydrogen) atoms. The lowest BCUT2D eigenvalue weighted by Crippen LogP contribution is -2.49. The molecule has 1 aliphatic rings. The number of guanidine groups is 1. The third kappa shape index (κ3) is 6.83. The van der Waals surface area contributed by atoms with Crippen LogP contribution in [0.3, 0.4) is 0 Å². The van der Waals surface area contributed by atoms with Gasteiger partial charge in [0.1, 0.15) is 18.2 Å². The van der Waals surface area contributed by atoms with E-state index in [0.717, 1.165) is 68.7 Å². The van der Waals surface area contributed by atoms with Crippen molar-refractivity contribution < 1.29 is 0 Å². The first-order chi connectivity index (χ1) is 13.7. The van der Waals surface area contributed by atoms with E-state index in [1.807, 2.05) is 36.9 Å². The van der Waals surface area contributed by atoms with E-state index in [2.05, 4.69) is 43.7 Å². The van der Waals surface area contributed by atoms with Crippen molar-refractivity contribution in [2.45, 2.75) is 52.1 Å². The second-order valence-corrected chi connectivity index (χ2v) is 7.26. The van der Waals surface area contributed by atoms with Gasteiger partial charge < -0.3 is 20.1 Å². The molecule has 0 atom stereocenters. The van der Waals surface area contributed by atoms with Crippen molar-refractivity contribution >= 4 is 35.8 Å². The van der Waals surface area contributed by atoms with Gasteiger partial charge in [-0.2, -0.15) is 0 Å². The molecule has 0 unspecified atom stereocenters. The highest BCUT2D eigenvalue weighted by atomic mass is 127. The zero-order valence-corrected chi connectivity index (χ0v) is 20.0. The molecule has 1 saturated heterocycles. The van der Waals surface area contributed by atoms with Crippen molar-refractivity contribution in [3.8, 4) is 0 Å². The molecular weight excluding hydrogens is 479 g/mol. The molecule has 3 heterocycles. The maximum Gasteiger partial charge on any atom is 0.191 e. The van der Waals surface area contributed by atoms with E-state index in [1.165, 1.54) is 0 Å². The second-order valence-electron chi connectivity index (χ2n) is 7.26. The summed E-state index contributed by atoms with van der Waals surface area (Å²) in [6.45, 7) is 7.59. The van der Waals surface area contributed by atoms with Crippen LogP contribution in [0.5, 0.6) is 0 Å². The molecule has 2 aromatic heterocycles. The molecule has 8 nitrogen and oxygen atoms in total. The molecule has 0 amide bonds. The maximum atomic E-state index is 4.76. The summed E-state index contributed by atoms with van der Waals surface area (Å²) < 4.78 is 1.98. The molecule has 0 spiro atoms. The molecule has 160 valence electrons. The molecule has 2 N–H and O–H groups in total. The number of aliphatic imine (C=N–C) groups is 1. The van der Waals surface area contributed by atoms with Crippen LogP contribution in [0.4, 0.5) is 5.82 Å². The summed E-state index contributed by atoms with van der Waals surface area (Å²) in [4.78, 5) is 11.6. The van der Waals surface area contributed by atoms with Crippen molar-refractivity contribution in [2.75, 3.05) is 24.5 Å². The number of anilines is 1. The van der Waals surface area contributed by atoms with Gasteiger partial charge in [-0.05, 0) is 38.3 Å². The zero-order chi connectivity index (χ0) is 19.8. The summed E-state index contributed by atoms with van der Waals surface area (Å²) >= 11 is 0. The Morgan fingerprint density at radius 3 is 2.66 bits per heavy atom. The van der Waals surface area contributed by atoms with Crippen LogP contribution in [-0.2, 0) is 13.6 Å². The minimum Gasteiger partial charge on any atom is -0.356 e. The van der Waals surface area contributed by atoms with Crippen molar-refractivity contribution in [3.63, 3.8) is 0 Å². The molecule has 0 aromatic carbocycles. The Morgan fingerprint density at radius 1 is 1.24 bits per heavy atom. The first-order valence-corrected chi connectivity index (χ1v) is 10.2. The largest absolute Gasteiger partial charge is 0.356 e. The number of rotatable bonds is 7. The lowest BCUT2D eigenvalue weighted by molar-refractivity contribution is 0.458. The molecule has 3 rings (SSSR count). The normalized spacial score (nSPS) is 15.1. The van der Waals surface area contributed by atoms with Crippen molar-refractivity contribution in [1.82, 2.24) is 30.4 Å². The molecule has 9 heteroatoms. The number of piperidine rings is 1. The molecule has 1 aliphatic heterocycles. The van der Waals surface area contributed by atoms with E-state index in [1.54, 1.807) is 0 Å². The summed E-state index contributed by atoms with van der Waals surface area (Å²) in [5.74, 6) is 3.71. The number of unbranched alkanes of at least 4 members (excludes halogenated alkanes) is 1.